The van der Waals surface area contributed by atoms with Crippen molar-refractivity contribution in [3.05, 3.63) is 71.8 Å². The van der Waals surface area contributed by atoms with E-state index in [4.69, 9.17) is 0 Å². The van der Waals surface area contributed by atoms with Gasteiger partial charge in [-0.2, -0.15) is 0 Å². The van der Waals surface area contributed by atoms with E-state index in [0.717, 1.165) is 25.9 Å². The Morgan fingerprint density at radius 3 is 1.93 bits per heavy atom. The lowest BCUT2D eigenvalue weighted by atomic mass is 10.0. The fourth-order valence-corrected chi connectivity index (χ4v) is 5.21. The summed E-state index contributed by atoms with van der Waals surface area (Å²) in [7, 11) is 0. The number of rotatable bonds is 7. The minimum atomic E-state index is -0.690. The summed E-state index contributed by atoms with van der Waals surface area (Å²) < 4.78 is 0. The number of halogens is 1. The van der Waals surface area contributed by atoms with E-state index in [2.05, 4.69) is 65.6 Å². The van der Waals surface area contributed by atoms with E-state index >= 15 is 0 Å². The zero-order valence-electron chi connectivity index (χ0n) is 15.7. The number of likely N-dealkylation sites (tertiary alicyclic amines) is 1. The van der Waals surface area contributed by atoms with Crippen LogP contribution in [0.5, 0.6) is 0 Å². The minimum absolute atomic E-state index is 0. The van der Waals surface area contributed by atoms with Crippen LogP contribution < -0.4 is 0 Å². The Hall–Kier alpha value is -1.49. The summed E-state index contributed by atoms with van der Waals surface area (Å²) in [4.78, 5) is 13.6. The van der Waals surface area contributed by atoms with E-state index < -0.39 is 5.97 Å². The first kappa shape index (κ1) is 21.8. The molecule has 0 amide bonds. The molecule has 27 heavy (non-hydrogen) atoms. The van der Waals surface area contributed by atoms with Crippen molar-refractivity contribution in [2.75, 3.05) is 13.1 Å². The number of aliphatic carboxylic acids is 1. The van der Waals surface area contributed by atoms with Gasteiger partial charge in [0.15, 0.2) is 0 Å². The maximum atomic E-state index is 11.4. The summed E-state index contributed by atoms with van der Waals surface area (Å²) in [5.41, 5.74) is 2.67. The SMILES string of the molecule is CCC(C(=O)O)N1CCC(SC(c2ccccc2)c2ccccc2)CC1.Cl. The second-order valence-electron chi connectivity index (χ2n) is 6.84. The lowest BCUT2D eigenvalue weighted by Gasteiger charge is -2.36. The van der Waals surface area contributed by atoms with E-state index in [1.165, 1.54) is 11.1 Å². The molecule has 3 nitrogen and oxygen atoms in total. The van der Waals surface area contributed by atoms with Crippen LogP contribution in [0.4, 0.5) is 0 Å². The number of hydrogen-bond acceptors (Lipinski definition) is 3. The second-order valence-corrected chi connectivity index (χ2v) is 8.25. The predicted molar refractivity (Wildman–Crippen MR) is 116 cm³/mol. The summed E-state index contributed by atoms with van der Waals surface area (Å²) in [5.74, 6) is -0.690. The Morgan fingerprint density at radius 1 is 1.04 bits per heavy atom. The molecule has 1 saturated heterocycles. The van der Waals surface area contributed by atoms with Crippen molar-refractivity contribution < 1.29 is 9.90 Å². The van der Waals surface area contributed by atoms with Gasteiger partial charge in [-0.1, -0.05) is 67.6 Å². The fourth-order valence-electron chi connectivity index (χ4n) is 3.71. The highest BCUT2D eigenvalue weighted by atomic mass is 35.5. The lowest BCUT2D eigenvalue weighted by molar-refractivity contribution is -0.143. The molecular weight excluding hydrogens is 378 g/mol. The molecule has 0 aromatic heterocycles. The minimum Gasteiger partial charge on any atom is -0.480 e. The molecule has 146 valence electrons. The summed E-state index contributed by atoms with van der Waals surface area (Å²) in [6.45, 7) is 3.71. The predicted octanol–water partition coefficient (Wildman–Crippen LogP) is 5.26. The molecule has 2 aromatic carbocycles. The second kappa shape index (κ2) is 10.7. The van der Waals surface area contributed by atoms with Crippen LogP contribution >= 0.6 is 24.2 Å². The van der Waals surface area contributed by atoms with Crippen molar-refractivity contribution in [2.24, 2.45) is 0 Å². The molecule has 1 aliphatic heterocycles. The zero-order chi connectivity index (χ0) is 18.4. The van der Waals surface area contributed by atoms with Gasteiger partial charge < -0.3 is 5.11 Å². The molecule has 2 aromatic rings. The van der Waals surface area contributed by atoms with Gasteiger partial charge in [0.05, 0.1) is 5.25 Å². The zero-order valence-corrected chi connectivity index (χ0v) is 17.3. The van der Waals surface area contributed by atoms with Gasteiger partial charge in [0, 0.05) is 18.3 Å². The molecule has 1 aliphatic rings. The monoisotopic (exact) mass is 405 g/mol. The number of carbonyl (C=O) groups is 1. The summed E-state index contributed by atoms with van der Waals surface area (Å²) in [6.07, 6.45) is 2.76. The van der Waals surface area contributed by atoms with E-state index in [1.54, 1.807) is 0 Å². The molecule has 1 unspecified atom stereocenters. The van der Waals surface area contributed by atoms with Crippen LogP contribution in [0, 0.1) is 0 Å². The van der Waals surface area contributed by atoms with Crippen LogP contribution in [0.25, 0.3) is 0 Å². The first-order chi connectivity index (χ1) is 12.7. The standard InChI is InChI=1S/C22H27NO2S.ClH/c1-2-20(22(24)25)23-15-13-19(14-16-23)26-21(17-9-5-3-6-10-17)18-11-7-4-8-12-18;/h3-12,19-21H,2,13-16H2,1H3,(H,24,25);1H. The van der Waals surface area contributed by atoms with Crippen LogP contribution in [0.15, 0.2) is 60.7 Å². The van der Waals surface area contributed by atoms with Crippen molar-refractivity contribution in [1.29, 1.82) is 0 Å². The Balaban J connectivity index is 0.00000261. The number of nitrogens with zero attached hydrogens (tertiary/aromatic N) is 1. The highest BCUT2D eigenvalue weighted by molar-refractivity contribution is 8.00. The molecular formula is C22H28ClNO2S. The molecule has 1 atom stereocenters. The van der Waals surface area contributed by atoms with Crippen molar-refractivity contribution in [3.63, 3.8) is 0 Å². The van der Waals surface area contributed by atoms with Gasteiger partial charge in [0.2, 0.25) is 0 Å². The van der Waals surface area contributed by atoms with Crippen LogP contribution in [-0.2, 0) is 4.79 Å². The third-order valence-electron chi connectivity index (χ3n) is 5.12. The molecule has 1 N–H and O–H groups in total. The van der Waals surface area contributed by atoms with Gasteiger partial charge >= 0.3 is 5.97 Å². The van der Waals surface area contributed by atoms with Gasteiger partial charge in [-0.05, 0) is 30.4 Å². The van der Waals surface area contributed by atoms with Crippen LogP contribution in [-0.4, -0.2) is 40.4 Å². The van der Waals surface area contributed by atoms with Crippen molar-refractivity contribution in [2.45, 2.75) is 42.7 Å². The Labute approximate surface area is 172 Å². The summed E-state index contributed by atoms with van der Waals surface area (Å²) in [6, 6.07) is 21.0. The molecule has 0 radical (unpaired) electrons. The van der Waals surface area contributed by atoms with Crippen molar-refractivity contribution >= 4 is 30.1 Å². The normalized spacial score (nSPS) is 16.7. The van der Waals surface area contributed by atoms with Crippen LogP contribution in [0.1, 0.15) is 42.6 Å². The molecule has 0 aliphatic carbocycles. The molecule has 3 rings (SSSR count). The molecule has 1 fully saturated rings. The maximum Gasteiger partial charge on any atom is 0.320 e. The number of thioether (sulfide) groups is 1. The number of carboxylic acids is 1. The van der Waals surface area contributed by atoms with E-state index in [1.807, 2.05) is 18.7 Å². The molecule has 0 bridgehead atoms. The summed E-state index contributed by atoms with van der Waals surface area (Å²) >= 11 is 2.03. The number of carboxylic acid groups (broad SMARTS) is 1. The molecule has 0 saturated carbocycles. The van der Waals surface area contributed by atoms with Gasteiger partial charge in [-0.3, -0.25) is 9.69 Å². The highest BCUT2D eigenvalue weighted by Crippen LogP contribution is 2.41. The average molecular weight is 406 g/mol. The Morgan fingerprint density at radius 2 is 1.52 bits per heavy atom. The Kier molecular flexibility index (Phi) is 8.68. The number of benzene rings is 2. The maximum absolute atomic E-state index is 11.4. The lowest BCUT2D eigenvalue weighted by Crippen LogP contribution is -2.45. The number of hydrogen-bond donors (Lipinski definition) is 1. The topological polar surface area (TPSA) is 40.5 Å². The van der Waals surface area contributed by atoms with Gasteiger partial charge in [-0.25, -0.2) is 0 Å². The highest BCUT2D eigenvalue weighted by Gasteiger charge is 2.30. The third kappa shape index (κ3) is 5.74. The fraction of sp³-hybridized carbons (Fsp3) is 0.409. The van der Waals surface area contributed by atoms with E-state index in [-0.39, 0.29) is 18.4 Å². The quantitative estimate of drug-likeness (QED) is 0.682. The first-order valence-electron chi connectivity index (χ1n) is 9.41. The average Bonchev–Trinajstić information content (AvgIpc) is 2.69. The summed E-state index contributed by atoms with van der Waals surface area (Å²) in [5, 5.41) is 10.3. The van der Waals surface area contributed by atoms with Crippen LogP contribution in [0.3, 0.4) is 0 Å². The molecule has 1 heterocycles. The van der Waals surface area contributed by atoms with Gasteiger partial charge in [-0.15, -0.1) is 24.2 Å². The molecule has 0 spiro atoms. The van der Waals surface area contributed by atoms with Crippen molar-refractivity contribution in [1.82, 2.24) is 4.90 Å². The molecule has 5 heteroatoms. The van der Waals surface area contributed by atoms with Gasteiger partial charge in [0.25, 0.3) is 0 Å². The van der Waals surface area contributed by atoms with E-state index in [0.29, 0.717) is 16.9 Å². The third-order valence-corrected chi connectivity index (χ3v) is 6.80. The first-order valence-corrected chi connectivity index (χ1v) is 10.4. The van der Waals surface area contributed by atoms with E-state index in [9.17, 15) is 9.90 Å². The number of piperidine rings is 1. The van der Waals surface area contributed by atoms with Crippen LogP contribution in [0.2, 0.25) is 0 Å². The van der Waals surface area contributed by atoms with Gasteiger partial charge in [0.1, 0.15) is 6.04 Å². The largest absolute Gasteiger partial charge is 0.480 e. The smallest absolute Gasteiger partial charge is 0.320 e. The Bertz CT molecular complexity index is 650. The van der Waals surface area contributed by atoms with Crippen molar-refractivity contribution in [3.8, 4) is 0 Å².